The number of carbonyl (C=O) groups excluding carboxylic acids is 1. The Morgan fingerprint density at radius 2 is 2.12 bits per heavy atom. The number of nitrogens with zero attached hydrogens (tertiary/aromatic N) is 3. The number of aryl methyl sites for hydroxylation is 1. The maximum absolute atomic E-state index is 12.7. The number of fused-ring (bicyclic) bond motifs is 1. The third kappa shape index (κ3) is 2.81. The predicted molar refractivity (Wildman–Crippen MR) is 101 cm³/mol. The van der Waals surface area contributed by atoms with Crippen molar-refractivity contribution in [1.82, 2.24) is 20.1 Å². The maximum Gasteiger partial charge on any atom is 0.261 e. The molecule has 6 nitrogen and oxygen atoms in total. The molecule has 0 bridgehead atoms. The molecule has 4 rings (SSSR count). The van der Waals surface area contributed by atoms with Crippen LogP contribution in [0.15, 0.2) is 24.3 Å². The molecule has 2 aromatic heterocycles. The van der Waals surface area contributed by atoms with Crippen LogP contribution in [0.1, 0.15) is 52.6 Å². The van der Waals surface area contributed by atoms with E-state index in [1.807, 2.05) is 30.5 Å². The van der Waals surface area contributed by atoms with Crippen molar-refractivity contribution in [3.63, 3.8) is 0 Å². The summed E-state index contributed by atoms with van der Waals surface area (Å²) >= 11 is 1.55. The minimum atomic E-state index is -0.0983. The molecule has 1 amide bonds. The maximum atomic E-state index is 12.7. The van der Waals surface area contributed by atoms with Gasteiger partial charge in [-0.3, -0.25) is 4.79 Å². The highest BCUT2D eigenvalue weighted by atomic mass is 32.1. The summed E-state index contributed by atoms with van der Waals surface area (Å²) in [5, 5.41) is 21.9. The molecule has 136 valence electrons. The number of aliphatic hydroxyl groups is 1. The van der Waals surface area contributed by atoms with Gasteiger partial charge in [0, 0.05) is 23.2 Å². The first kappa shape index (κ1) is 17.2. The molecule has 3 aromatic rings. The van der Waals surface area contributed by atoms with E-state index in [1.165, 1.54) is 0 Å². The van der Waals surface area contributed by atoms with Gasteiger partial charge in [0.25, 0.3) is 5.91 Å². The van der Waals surface area contributed by atoms with Gasteiger partial charge in [-0.1, -0.05) is 18.2 Å². The quantitative estimate of drug-likeness (QED) is 0.724. The number of aromatic nitrogens is 3. The second kappa shape index (κ2) is 6.81. The highest BCUT2D eigenvalue weighted by Crippen LogP contribution is 2.37. The fraction of sp³-hybridized carbons (Fsp3) is 0.421. The van der Waals surface area contributed by atoms with Crippen LogP contribution >= 0.6 is 11.3 Å². The van der Waals surface area contributed by atoms with Crippen molar-refractivity contribution < 1.29 is 9.90 Å². The molecule has 7 heteroatoms. The Kier molecular flexibility index (Phi) is 4.50. The molecular weight excluding hydrogens is 348 g/mol. The first-order chi connectivity index (χ1) is 12.6. The molecule has 1 aromatic carbocycles. The van der Waals surface area contributed by atoms with E-state index in [0.29, 0.717) is 5.82 Å². The first-order valence-electron chi connectivity index (χ1n) is 8.94. The summed E-state index contributed by atoms with van der Waals surface area (Å²) in [6.45, 7) is 4.68. The van der Waals surface area contributed by atoms with Crippen molar-refractivity contribution in [3.05, 3.63) is 46.4 Å². The number of amides is 1. The molecule has 0 radical (unpaired) electrons. The van der Waals surface area contributed by atoms with Crippen molar-refractivity contribution in [2.24, 2.45) is 0 Å². The van der Waals surface area contributed by atoms with Gasteiger partial charge in [0.2, 0.25) is 0 Å². The van der Waals surface area contributed by atoms with Crippen LogP contribution in [-0.2, 0) is 13.2 Å². The van der Waals surface area contributed by atoms with E-state index < -0.39 is 0 Å². The van der Waals surface area contributed by atoms with Gasteiger partial charge in [-0.25, -0.2) is 0 Å². The molecule has 1 fully saturated rings. The molecule has 0 unspecified atom stereocenters. The van der Waals surface area contributed by atoms with E-state index in [-0.39, 0.29) is 24.5 Å². The Morgan fingerprint density at radius 3 is 2.81 bits per heavy atom. The smallest absolute Gasteiger partial charge is 0.261 e. The van der Waals surface area contributed by atoms with Crippen LogP contribution in [0.2, 0.25) is 0 Å². The van der Waals surface area contributed by atoms with Gasteiger partial charge in [-0.2, -0.15) is 0 Å². The highest BCUT2D eigenvalue weighted by molar-refractivity contribution is 7.21. The summed E-state index contributed by atoms with van der Waals surface area (Å²) in [7, 11) is 0. The zero-order valence-corrected chi connectivity index (χ0v) is 15.7. The number of thiophene rings is 1. The van der Waals surface area contributed by atoms with Crippen LogP contribution < -0.4 is 5.32 Å². The average Bonchev–Trinajstić information content (AvgIpc) is 3.18. The van der Waals surface area contributed by atoms with Gasteiger partial charge in [-0.15, -0.1) is 21.5 Å². The van der Waals surface area contributed by atoms with Gasteiger partial charge in [-0.05, 0) is 43.7 Å². The lowest BCUT2D eigenvalue weighted by atomic mass is 9.79. The molecular formula is C19H22N4O2S. The Morgan fingerprint density at radius 1 is 1.35 bits per heavy atom. The predicted octanol–water partition coefficient (Wildman–Crippen LogP) is 2.99. The Hall–Kier alpha value is -2.25. The van der Waals surface area contributed by atoms with Crippen LogP contribution in [-0.4, -0.2) is 31.8 Å². The molecule has 0 spiro atoms. The number of hydrogen-bond donors (Lipinski definition) is 2. The van der Waals surface area contributed by atoms with Gasteiger partial charge in [0.05, 0.1) is 4.88 Å². The van der Waals surface area contributed by atoms with Crippen LogP contribution in [0.4, 0.5) is 0 Å². The molecule has 26 heavy (non-hydrogen) atoms. The number of nitrogens with one attached hydrogen (secondary N) is 1. The Balaban J connectivity index is 1.43. The van der Waals surface area contributed by atoms with Gasteiger partial charge in [0.15, 0.2) is 5.82 Å². The molecule has 2 N–H and O–H groups in total. The molecule has 0 atom stereocenters. The topological polar surface area (TPSA) is 80.0 Å². The van der Waals surface area contributed by atoms with Crippen molar-refractivity contribution in [2.75, 3.05) is 0 Å². The number of aliphatic hydroxyl groups excluding tert-OH is 1. The van der Waals surface area contributed by atoms with Gasteiger partial charge < -0.3 is 15.0 Å². The Bertz CT molecular complexity index is 956. The lowest BCUT2D eigenvalue weighted by Gasteiger charge is -2.35. The minimum absolute atomic E-state index is 0.0140. The molecule has 1 aliphatic rings. The lowest BCUT2D eigenvalue weighted by molar-refractivity contribution is 0.0910. The zero-order valence-electron chi connectivity index (χ0n) is 14.9. The largest absolute Gasteiger partial charge is 0.388 e. The SMILES string of the molecule is CCn1c(CO)nnc1C1CC(NC(=O)c2sc3ccccc3c2C)C1. The third-order valence-electron chi connectivity index (χ3n) is 5.20. The number of hydrogen-bond acceptors (Lipinski definition) is 5. The van der Waals surface area contributed by atoms with E-state index in [0.717, 1.165) is 45.7 Å². The summed E-state index contributed by atoms with van der Waals surface area (Å²) in [6, 6.07) is 8.29. The first-order valence-corrected chi connectivity index (χ1v) is 9.75. The summed E-state index contributed by atoms with van der Waals surface area (Å²) in [4.78, 5) is 13.5. The Labute approximate surface area is 155 Å². The molecule has 2 heterocycles. The summed E-state index contributed by atoms with van der Waals surface area (Å²) < 4.78 is 3.12. The fourth-order valence-electron chi connectivity index (χ4n) is 3.70. The minimum Gasteiger partial charge on any atom is -0.388 e. The lowest BCUT2D eigenvalue weighted by Crippen LogP contribution is -2.44. The fourth-order valence-corrected chi connectivity index (χ4v) is 4.81. The van der Waals surface area contributed by atoms with Crippen molar-refractivity contribution in [2.45, 2.75) is 51.8 Å². The van der Waals surface area contributed by atoms with E-state index in [4.69, 9.17) is 0 Å². The third-order valence-corrected chi connectivity index (χ3v) is 6.47. The van der Waals surface area contributed by atoms with Crippen molar-refractivity contribution >= 4 is 27.3 Å². The van der Waals surface area contributed by atoms with E-state index in [1.54, 1.807) is 11.3 Å². The van der Waals surface area contributed by atoms with E-state index in [9.17, 15) is 9.90 Å². The zero-order chi connectivity index (χ0) is 18.3. The summed E-state index contributed by atoms with van der Waals surface area (Å²) in [5.74, 6) is 1.83. The van der Waals surface area contributed by atoms with E-state index >= 15 is 0 Å². The van der Waals surface area contributed by atoms with Crippen LogP contribution in [0.3, 0.4) is 0 Å². The van der Waals surface area contributed by atoms with Gasteiger partial charge in [0.1, 0.15) is 12.4 Å². The molecule has 0 saturated heterocycles. The van der Waals surface area contributed by atoms with Crippen LogP contribution in [0.25, 0.3) is 10.1 Å². The number of carbonyl (C=O) groups is 1. The van der Waals surface area contributed by atoms with E-state index in [2.05, 4.69) is 27.6 Å². The van der Waals surface area contributed by atoms with Crippen molar-refractivity contribution in [1.29, 1.82) is 0 Å². The molecule has 1 aliphatic carbocycles. The molecule has 1 saturated carbocycles. The summed E-state index contributed by atoms with van der Waals surface area (Å²) in [6.07, 6.45) is 1.72. The van der Waals surface area contributed by atoms with Crippen LogP contribution in [0.5, 0.6) is 0 Å². The van der Waals surface area contributed by atoms with Gasteiger partial charge >= 0.3 is 0 Å². The molecule has 0 aliphatic heterocycles. The number of rotatable bonds is 5. The second-order valence-corrected chi connectivity index (χ2v) is 7.82. The number of benzene rings is 1. The van der Waals surface area contributed by atoms with Crippen LogP contribution in [0, 0.1) is 6.92 Å². The summed E-state index contributed by atoms with van der Waals surface area (Å²) in [5.41, 5.74) is 1.05. The normalized spacial score (nSPS) is 19.5. The van der Waals surface area contributed by atoms with Crippen molar-refractivity contribution in [3.8, 4) is 0 Å². The average molecular weight is 370 g/mol. The monoisotopic (exact) mass is 370 g/mol. The highest BCUT2D eigenvalue weighted by Gasteiger charge is 2.35. The second-order valence-electron chi connectivity index (χ2n) is 6.77. The standard InChI is InChI=1S/C19H22N4O2S/c1-3-23-16(10-24)21-22-18(23)12-8-13(9-12)20-19(25)17-11(2)14-6-4-5-7-15(14)26-17/h4-7,12-13,24H,3,8-10H2,1-2H3,(H,20,25).